The van der Waals surface area contributed by atoms with Crippen LogP contribution in [-0.2, 0) is 20.9 Å². The number of aromatic nitrogens is 3. The summed E-state index contributed by atoms with van der Waals surface area (Å²) in [6, 6.07) is 3.59. The summed E-state index contributed by atoms with van der Waals surface area (Å²) in [6.45, 7) is 0.794. The lowest BCUT2D eigenvalue weighted by molar-refractivity contribution is -0.136. The summed E-state index contributed by atoms with van der Waals surface area (Å²) < 4.78 is 1.41. The lowest BCUT2D eigenvalue weighted by Gasteiger charge is -2.27. The molecule has 1 aromatic carbocycles. The van der Waals surface area contributed by atoms with Gasteiger partial charge in [0.2, 0.25) is 17.7 Å². The van der Waals surface area contributed by atoms with Crippen LogP contribution in [0.2, 0.25) is 0 Å². The first-order valence-electron chi connectivity index (χ1n) is 10.7. The first-order chi connectivity index (χ1) is 15.9. The molecule has 3 aliphatic heterocycles. The molecule has 2 aromatic rings. The predicted octanol–water partition coefficient (Wildman–Crippen LogP) is -0.257. The zero-order valence-electron chi connectivity index (χ0n) is 17.5. The third-order valence-electron chi connectivity index (χ3n) is 6.02. The number of carbonyl (C=O) groups is 5. The molecule has 0 radical (unpaired) electrons. The fourth-order valence-electron chi connectivity index (χ4n) is 4.44. The SMILES string of the molecule is O=C1CCC(N2C(=O)c3cccc(NC(=O)Cn4cc(C5CCCN5)nn4)c3C2=O)C(=O)N1. The molecule has 1 aromatic heterocycles. The van der Waals surface area contributed by atoms with Crippen LogP contribution in [0.15, 0.2) is 24.4 Å². The van der Waals surface area contributed by atoms with E-state index in [1.165, 1.54) is 16.8 Å². The number of fused-ring (bicyclic) bond motifs is 1. The molecule has 3 aliphatic rings. The minimum absolute atomic E-state index is 0.0231. The number of nitrogens with one attached hydrogen (secondary N) is 3. The summed E-state index contributed by atoms with van der Waals surface area (Å²) in [4.78, 5) is 63.2. The number of anilines is 1. The smallest absolute Gasteiger partial charge is 0.264 e. The van der Waals surface area contributed by atoms with Crippen molar-refractivity contribution >= 4 is 35.2 Å². The average Bonchev–Trinajstić information content (AvgIpc) is 3.51. The molecule has 5 amide bonds. The molecule has 2 unspecified atom stereocenters. The normalized spacial score (nSPS) is 22.5. The van der Waals surface area contributed by atoms with Gasteiger partial charge in [-0.15, -0.1) is 5.10 Å². The van der Waals surface area contributed by atoms with Gasteiger partial charge in [-0.25, -0.2) is 4.68 Å². The molecular weight excluding hydrogens is 430 g/mol. The Morgan fingerprint density at radius 2 is 2.00 bits per heavy atom. The van der Waals surface area contributed by atoms with Crippen LogP contribution in [-0.4, -0.2) is 62.0 Å². The largest absolute Gasteiger partial charge is 0.324 e. The number of benzene rings is 1. The lowest BCUT2D eigenvalue weighted by Crippen LogP contribution is -2.54. The molecule has 2 atom stereocenters. The van der Waals surface area contributed by atoms with E-state index >= 15 is 0 Å². The highest BCUT2D eigenvalue weighted by Crippen LogP contribution is 2.32. The third kappa shape index (κ3) is 3.78. The van der Waals surface area contributed by atoms with Gasteiger partial charge in [-0.2, -0.15) is 0 Å². The second-order valence-corrected chi connectivity index (χ2v) is 8.21. The summed E-state index contributed by atoms with van der Waals surface area (Å²) in [6.07, 6.45) is 3.81. The van der Waals surface area contributed by atoms with Crippen molar-refractivity contribution in [2.75, 3.05) is 11.9 Å². The minimum Gasteiger partial charge on any atom is -0.324 e. The number of piperidine rings is 1. The summed E-state index contributed by atoms with van der Waals surface area (Å²) in [5.41, 5.74) is 1.05. The number of nitrogens with zero attached hydrogens (tertiary/aromatic N) is 4. The topological polar surface area (TPSA) is 155 Å². The Hall–Kier alpha value is -3.93. The van der Waals surface area contributed by atoms with Gasteiger partial charge >= 0.3 is 0 Å². The highest BCUT2D eigenvalue weighted by atomic mass is 16.2. The molecule has 4 heterocycles. The maximum Gasteiger partial charge on any atom is 0.264 e. The number of rotatable bonds is 5. The van der Waals surface area contributed by atoms with Gasteiger partial charge < -0.3 is 10.6 Å². The van der Waals surface area contributed by atoms with Gasteiger partial charge in [0, 0.05) is 6.42 Å². The van der Waals surface area contributed by atoms with Gasteiger partial charge in [0.25, 0.3) is 11.8 Å². The van der Waals surface area contributed by atoms with Crippen molar-refractivity contribution < 1.29 is 24.0 Å². The number of carbonyl (C=O) groups excluding carboxylic acids is 5. The molecule has 0 aliphatic carbocycles. The van der Waals surface area contributed by atoms with E-state index in [1.54, 1.807) is 12.3 Å². The van der Waals surface area contributed by atoms with Gasteiger partial charge in [-0.05, 0) is 37.9 Å². The average molecular weight is 451 g/mol. The van der Waals surface area contributed by atoms with E-state index in [4.69, 9.17) is 0 Å². The van der Waals surface area contributed by atoms with E-state index < -0.39 is 35.6 Å². The van der Waals surface area contributed by atoms with Crippen LogP contribution in [0.3, 0.4) is 0 Å². The first-order valence-corrected chi connectivity index (χ1v) is 10.7. The standard InChI is InChI=1S/C21H21N7O5/c29-16-7-6-15(19(31)24-16)28-20(32)11-3-1-4-13(18(11)21(28)33)23-17(30)10-27-9-14(25-26-27)12-5-2-8-22-12/h1,3-4,9,12,15,22H,2,5-8,10H2,(H,23,30)(H,24,29,31). The van der Waals surface area contributed by atoms with Gasteiger partial charge in [-0.1, -0.05) is 11.3 Å². The van der Waals surface area contributed by atoms with Crippen LogP contribution in [0.25, 0.3) is 0 Å². The second kappa shape index (κ2) is 8.20. The number of hydrogen-bond acceptors (Lipinski definition) is 8. The fourth-order valence-corrected chi connectivity index (χ4v) is 4.44. The molecule has 12 heteroatoms. The van der Waals surface area contributed by atoms with E-state index in [1.807, 2.05) is 0 Å². The van der Waals surface area contributed by atoms with Crippen molar-refractivity contribution in [1.82, 2.24) is 30.5 Å². The van der Waals surface area contributed by atoms with Crippen molar-refractivity contribution in [3.63, 3.8) is 0 Å². The zero-order chi connectivity index (χ0) is 23.1. The lowest BCUT2D eigenvalue weighted by atomic mass is 10.0. The van der Waals surface area contributed by atoms with E-state index in [-0.39, 0.29) is 42.2 Å². The van der Waals surface area contributed by atoms with Crippen molar-refractivity contribution in [2.24, 2.45) is 0 Å². The van der Waals surface area contributed by atoms with Crippen molar-refractivity contribution in [3.8, 4) is 0 Å². The summed E-state index contributed by atoms with van der Waals surface area (Å²) >= 11 is 0. The highest BCUT2D eigenvalue weighted by Gasteiger charge is 2.45. The van der Waals surface area contributed by atoms with Crippen molar-refractivity contribution in [2.45, 2.75) is 44.3 Å². The summed E-state index contributed by atoms with van der Waals surface area (Å²) in [5, 5.41) is 16.2. The molecule has 33 heavy (non-hydrogen) atoms. The summed E-state index contributed by atoms with van der Waals surface area (Å²) in [5.74, 6) is -2.90. The number of hydrogen-bond donors (Lipinski definition) is 3. The summed E-state index contributed by atoms with van der Waals surface area (Å²) in [7, 11) is 0. The Labute approximate surface area is 187 Å². The van der Waals surface area contributed by atoms with E-state index in [0.29, 0.717) is 0 Å². The quantitative estimate of drug-likeness (QED) is 0.525. The van der Waals surface area contributed by atoms with E-state index in [9.17, 15) is 24.0 Å². The van der Waals surface area contributed by atoms with Crippen LogP contribution in [0.1, 0.15) is 58.1 Å². The predicted molar refractivity (Wildman–Crippen MR) is 112 cm³/mol. The molecular formula is C21H21N7O5. The molecule has 0 saturated carbocycles. The Morgan fingerprint density at radius 3 is 2.76 bits per heavy atom. The highest BCUT2D eigenvalue weighted by molar-refractivity contribution is 6.26. The van der Waals surface area contributed by atoms with Crippen LogP contribution < -0.4 is 16.0 Å². The monoisotopic (exact) mass is 451 g/mol. The van der Waals surface area contributed by atoms with Gasteiger partial charge in [0.15, 0.2) is 0 Å². The van der Waals surface area contributed by atoms with Gasteiger partial charge in [0.1, 0.15) is 12.6 Å². The van der Waals surface area contributed by atoms with E-state index in [0.717, 1.165) is 30.0 Å². The number of imide groups is 2. The van der Waals surface area contributed by atoms with Gasteiger partial charge in [0.05, 0.1) is 34.7 Å². The first kappa shape index (κ1) is 20.9. The van der Waals surface area contributed by atoms with E-state index in [2.05, 4.69) is 26.3 Å². The number of amides is 5. The Kier molecular flexibility index (Phi) is 5.21. The van der Waals surface area contributed by atoms with Crippen molar-refractivity contribution in [1.29, 1.82) is 0 Å². The molecule has 3 N–H and O–H groups in total. The molecule has 0 bridgehead atoms. The fraction of sp³-hybridized carbons (Fsp3) is 0.381. The van der Waals surface area contributed by atoms with Gasteiger partial charge in [-0.3, -0.25) is 34.2 Å². The van der Waals surface area contributed by atoms with Crippen LogP contribution in [0, 0.1) is 0 Å². The van der Waals surface area contributed by atoms with Crippen LogP contribution >= 0.6 is 0 Å². The molecule has 2 saturated heterocycles. The molecule has 2 fully saturated rings. The molecule has 0 spiro atoms. The molecule has 5 rings (SSSR count). The maximum atomic E-state index is 13.1. The Bertz CT molecular complexity index is 1180. The Morgan fingerprint density at radius 1 is 1.15 bits per heavy atom. The van der Waals surface area contributed by atoms with Crippen LogP contribution in [0.5, 0.6) is 0 Å². The second-order valence-electron chi connectivity index (χ2n) is 8.21. The Balaban J connectivity index is 1.32. The maximum absolute atomic E-state index is 13.1. The van der Waals surface area contributed by atoms with Crippen molar-refractivity contribution in [3.05, 3.63) is 41.2 Å². The minimum atomic E-state index is -1.07. The van der Waals surface area contributed by atoms with Crippen LogP contribution in [0.4, 0.5) is 5.69 Å². The molecule has 170 valence electrons. The molecule has 12 nitrogen and oxygen atoms in total. The third-order valence-corrected chi connectivity index (χ3v) is 6.02. The zero-order valence-corrected chi connectivity index (χ0v) is 17.5.